The number of hydrogen-bond acceptors (Lipinski definition) is 3. The van der Waals surface area contributed by atoms with Crippen molar-refractivity contribution in [3.8, 4) is 0 Å². The third kappa shape index (κ3) is 11.9. The van der Waals surface area contributed by atoms with Crippen LogP contribution >= 0.6 is 0 Å². The Labute approximate surface area is 81.8 Å². The first-order valence-electron chi connectivity index (χ1n) is 5.04. The summed E-state index contributed by atoms with van der Waals surface area (Å²) in [5.74, 6) is 0. The van der Waals surface area contributed by atoms with Crippen molar-refractivity contribution < 1.29 is 9.47 Å². The molecule has 0 radical (unpaired) electrons. The van der Waals surface area contributed by atoms with Gasteiger partial charge in [-0.3, -0.25) is 0 Å². The zero-order valence-corrected chi connectivity index (χ0v) is 9.30. The van der Waals surface area contributed by atoms with Crippen LogP contribution in [-0.2, 0) is 9.47 Å². The lowest BCUT2D eigenvalue weighted by molar-refractivity contribution is -0.0334. The predicted octanol–water partition coefficient (Wildman–Crippen LogP) is 1.43. The van der Waals surface area contributed by atoms with E-state index in [4.69, 9.17) is 9.47 Å². The molecule has 1 aliphatic heterocycles. The van der Waals surface area contributed by atoms with Crippen LogP contribution < -0.4 is 5.32 Å². The van der Waals surface area contributed by atoms with Crippen molar-refractivity contribution in [3.63, 3.8) is 0 Å². The summed E-state index contributed by atoms with van der Waals surface area (Å²) < 4.78 is 9.89. The van der Waals surface area contributed by atoms with E-state index in [0.29, 0.717) is 12.1 Å². The quantitative estimate of drug-likeness (QED) is 0.712. The third-order valence-electron chi connectivity index (χ3n) is 1.41. The zero-order valence-electron chi connectivity index (χ0n) is 9.30. The molecule has 3 nitrogen and oxygen atoms in total. The van der Waals surface area contributed by atoms with Gasteiger partial charge < -0.3 is 14.8 Å². The average molecular weight is 189 g/mol. The van der Waals surface area contributed by atoms with Gasteiger partial charge in [-0.2, -0.15) is 0 Å². The molecule has 0 aromatic heterocycles. The summed E-state index contributed by atoms with van der Waals surface area (Å²) in [6.07, 6.45) is 0. The van der Waals surface area contributed by atoms with Gasteiger partial charge in [0.25, 0.3) is 0 Å². The molecule has 3 heteroatoms. The highest BCUT2D eigenvalue weighted by atomic mass is 16.6. The van der Waals surface area contributed by atoms with Crippen LogP contribution in [0, 0.1) is 0 Å². The molecule has 0 unspecified atom stereocenters. The molecule has 0 saturated carbocycles. The van der Waals surface area contributed by atoms with Gasteiger partial charge in [-0.05, 0) is 0 Å². The Morgan fingerprint density at radius 3 is 1.15 bits per heavy atom. The smallest absolute Gasteiger partial charge is 0.0701 e. The molecule has 80 valence electrons. The van der Waals surface area contributed by atoms with Crippen LogP contribution in [0.4, 0.5) is 0 Å². The number of rotatable bonds is 2. The van der Waals surface area contributed by atoms with Crippen LogP contribution in [0.25, 0.3) is 0 Å². The highest BCUT2D eigenvalue weighted by Crippen LogP contribution is 1.85. The molecule has 0 bridgehead atoms. The summed E-state index contributed by atoms with van der Waals surface area (Å²) in [6.45, 7) is 11.7. The second-order valence-electron chi connectivity index (χ2n) is 3.70. The highest BCUT2D eigenvalue weighted by Gasteiger charge is 1.94. The minimum absolute atomic E-state index is 0.625. The minimum atomic E-state index is 0.625. The second-order valence-corrected chi connectivity index (χ2v) is 3.70. The van der Waals surface area contributed by atoms with E-state index < -0.39 is 0 Å². The maximum Gasteiger partial charge on any atom is 0.0701 e. The molecule has 1 fully saturated rings. The summed E-state index contributed by atoms with van der Waals surface area (Å²) in [5, 5.41) is 3.31. The van der Waals surface area contributed by atoms with E-state index in [1.165, 1.54) is 0 Å². The van der Waals surface area contributed by atoms with Crippen LogP contribution in [0.5, 0.6) is 0 Å². The molecule has 0 aromatic rings. The van der Waals surface area contributed by atoms with E-state index in [0.717, 1.165) is 26.4 Å². The van der Waals surface area contributed by atoms with Crippen molar-refractivity contribution in [3.05, 3.63) is 0 Å². The van der Waals surface area contributed by atoms with E-state index >= 15 is 0 Å². The number of nitrogens with one attached hydrogen (secondary N) is 1. The van der Waals surface area contributed by atoms with Crippen molar-refractivity contribution in [2.24, 2.45) is 0 Å². The normalized spacial score (nSPS) is 17.1. The maximum absolute atomic E-state index is 4.94. The topological polar surface area (TPSA) is 30.5 Å². The molecule has 13 heavy (non-hydrogen) atoms. The van der Waals surface area contributed by atoms with Crippen molar-refractivity contribution in [1.29, 1.82) is 0 Å². The Hall–Kier alpha value is -0.120. The van der Waals surface area contributed by atoms with E-state index in [1.807, 2.05) is 0 Å². The van der Waals surface area contributed by atoms with Gasteiger partial charge in [0.15, 0.2) is 0 Å². The minimum Gasteiger partial charge on any atom is -0.377 e. The van der Waals surface area contributed by atoms with E-state index in [-0.39, 0.29) is 0 Å². The van der Waals surface area contributed by atoms with E-state index in [1.54, 1.807) is 0 Å². The van der Waals surface area contributed by atoms with E-state index in [2.05, 4.69) is 33.0 Å². The fourth-order valence-electron chi connectivity index (χ4n) is 1.11. The van der Waals surface area contributed by atoms with Gasteiger partial charge in [0.2, 0.25) is 0 Å². The van der Waals surface area contributed by atoms with Crippen LogP contribution in [0.1, 0.15) is 27.7 Å². The van der Waals surface area contributed by atoms with Crippen LogP contribution in [0.15, 0.2) is 0 Å². The average Bonchev–Trinajstić information content (AvgIpc) is 2.06. The number of hydrogen-bond donors (Lipinski definition) is 1. The Bertz CT molecular complexity index is 83.6. The molecule has 0 atom stereocenters. The molecular formula is C10H23NO2. The predicted molar refractivity (Wildman–Crippen MR) is 55.0 cm³/mol. The Kier molecular flexibility index (Phi) is 8.40. The second kappa shape index (κ2) is 8.48. The van der Waals surface area contributed by atoms with Crippen molar-refractivity contribution >= 4 is 0 Å². The largest absolute Gasteiger partial charge is 0.377 e. The monoisotopic (exact) mass is 189 g/mol. The first kappa shape index (κ1) is 12.9. The summed E-state index contributed by atoms with van der Waals surface area (Å²) in [7, 11) is 0. The fraction of sp³-hybridized carbons (Fsp3) is 1.00. The summed E-state index contributed by atoms with van der Waals surface area (Å²) in [5.41, 5.74) is 0. The first-order chi connectivity index (χ1) is 6.13. The van der Waals surface area contributed by atoms with Crippen LogP contribution in [0.2, 0.25) is 0 Å². The fourth-order valence-corrected chi connectivity index (χ4v) is 1.11. The third-order valence-corrected chi connectivity index (χ3v) is 1.41. The molecule has 1 saturated heterocycles. The van der Waals surface area contributed by atoms with Crippen LogP contribution in [-0.4, -0.2) is 38.5 Å². The molecular weight excluding hydrogens is 166 g/mol. The SMILES string of the molecule is C1COCCO1.CC(C)NC(C)C. The molecule has 0 aromatic carbocycles. The lowest BCUT2D eigenvalue weighted by Crippen LogP contribution is -2.29. The van der Waals surface area contributed by atoms with E-state index in [9.17, 15) is 0 Å². The van der Waals surface area contributed by atoms with Gasteiger partial charge in [0, 0.05) is 12.1 Å². The van der Waals surface area contributed by atoms with Crippen molar-refractivity contribution in [2.75, 3.05) is 26.4 Å². The Balaban J connectivity index is 0.000000223. The lowest BCUT2D eigenvalue weighted by atomic mass is 10.3. The Morgan fingerprint density at radius 1 is 0.769 bits per heavy atom. The first-order valence-corrected chi connectivity index (χ1v) is 5.04. The zero-order chi connectivity index (χ0) is 10.1. The molecule has 0 amide bonds. The highest BCUT2D eigenvalue weighted by molar-refractivity contribution is 4.55. The molecule has 0 aliphatic carbocycles. The summed E-state index contributed by atoms with van der Waals surface area (Å²) >= 11 is 0. The van der Waals surface area contributed by atoms with Crippen molar-refractivity contribution in [2.45, 2.75) is 39.8 Å². The number of ether oxygens (including phenoxy) is 2. The maximum atomic E-state index is 4.94. The molecule has 1 aliphatic rings. The summed E-state index contributed by atoms with van der Waals surface area (Å²) in [4.78, 5) is 0. The van der Waals surface area contributed by atoms with Gasteiger partial charge in [-0.1, -0.05) is 27.7 Å². The van der Waals surface area contributed by atoms with Crippen LogP contribution in [0.3, 0.4) is 0 Å². The molecule has 1 heterocycles. The molecule has 0 spiro atoms. The Morgan fingerprint density at radius 2 is 1.08 bits per heavy atom. The standard InChI is InChI=1S/C6H15N.C4H8O2/c1-5(2)7-6(3)4;1-2-6-4-3-5-1/h5-7H,1-4H3;1-4H2. The van der Waals surface area contributed by atoms with Gasteiger partial charge in [-0.15, -0.1) is 0 Å². The van der Waals surface area contributed by atoms with Gasteiger partial charge in [0.1, 0.15) is 0 Å². The lowest BCUT2D eigenvalue weighted by Gasteiger charge is -2.10. The molecule has 1 N–H and O–H groups in total. The van der Waals surface area contributed by atoms with Gasteiger partial charge >= 0.3 is 0 Å². The molecule has 1 rings (SSSR count). The summed E-state index contributed by atoms with van der Waals surface area (Å²) in [6, 6.07) is 1.25. The van der Waals surface area contributed by atoms with Gasteiger partial charge in [-0.25, -0.2) is 0 Å². The van der Waals surface area contributed by atoms with Crippen molar-refractivity contribution in [1.82, 2.24) is 5.32 Å². The van der Waals surface area contributed by atoms with Gasteiger partial charge in [0.05, 0.1) is 26.4 Å².